The van der Waals surface area contributed by atoms with Gasteiger partial charge in [0.2, 0.25) is 0 Å². The van der Waals surface area contributed by atoms with E-state index in [1.807, 2.05) is 48.8 Å². The first-order valence-corrected chi connectivity index (χ1v) is 13.5. The maximum Gasteiger partial charge on any atom is 0.308 e. The summed E-state index contributed by atoms with van der Waals surface area (Å²) in [6.45, 7) is 5.19. The zero-order chi connectivity index (χ0) is 31.4. The van der Waals surface area contributed by atoms with E-state index < -0.39 is 23.9 Å². The lowest BCUT2D eigenvalue weighted by atomic mass is 10.0. The Labute approximate surface area is 252 Å². The molecule has 3 aromatic carbocycles. The second-order valence-corrected chi connectivity index (χ2v) is 9.95. The van der Waals surface area contributed by atoms with Crippen molar-refractivity contribution in [1.82, 2.24) is 9.97 Å². The SMILES string of the molecule is CC(=O)Oc1cc(OC(C)=O)cc(-c2cc(-c3cccc(-c4c[nH]c(-c5cc(OC(C)=O)cc(OC(C)=O)c5)c4)c3)c[nH]2)c1. The second kappa shape index (κ2) is 12.5. The second-order valence-electron chi connectivity index (χ2n) is 9.95. The number of hydrogen-bond acceptors (Lipinski definition) is 8. The smallest absolute Gasteiger partial charge is 0.308 e. The average Bonchev–Trinajstić information content (AvgIpc) is 3.62. The molecule has 0 aliphatic carbocycles. The third-order valence-corrected chi connectivity index (χ3v) is 6.32. The summed E-state index contributed by atoms with van der Waals surface area (Å²) >= 11 is 0. The molecular weight excluding hydrogens is 564 g/mol. The summed E-state index contributed by atoms with van der Waals surface area (Å²) in [5.41, 5.74) is 6.50. The molecule has 2 N–H and O–H groups in total. The van der Waals surface area contributed by atoms with E-state index in [9.17, 15) is 19.2 Å². The van der Waals surface area contributed by atoms with Crippen molar-refractivity contribution in [2.75, 3.05) is 0 Å². The van der Waals surface area contributed by atoms with Crippen molar-refractivity contribution in [1.29, 1.82) is 0 Å². The number of carbonyl (C=O) groups is 4. The summed E-state index contributed by atoms with van der Waals surface area (Å²) in [6.07, 6.45) is 3.72. The summed E-state index contributed by atoms with van der Waals surface area (Å²) in [5, 5.41) is 0. The molecule has 0 bridgehead atoms. The van der Waals surface area contributed by atoms with Gasteiger partial charge in [0.25, 0.3) is 0 Å². The van der Waals surface area contributed by atoms with Crippen molar-refractivity contribution >= 4 is 23.9 Å². The highest BCUT2D eigenvalue weighted by Crippen LogP contribution is 2.35. The summed E-state index contributed by atoms with van der Waals surface area (Å²) < 4.78 is 21.0. The first-order chi connectivity index (χ1) is 21.0. The van der Waals surface area contributed by atoms with E-state index in [4.69, 9.17) is 18.9 Å². The first kappa shape index (κ1) is 29.6. The van der Waals surface area contributed by atoms with Gasteiger partial charge in [0.05, 0.1) is 0 Å². The Hall–Kier alpha value is -5.90. The number of ether oxygens (including phenoxy) is 4. The number of aromatic nitrogens is 2. The number of esters is 4. The largest absolute Gasteiger partial charge is 0.427 e. The Balaban J connectivity index is 1.44. The Kier molecular flexibility index (Phi) is 8.43. The highest BCUT2D eigenvalue weighted by atomic mass is 16.6. The predicted molar refractivity (Wildman–Crippen MR) is 162 cm³/mol. The van der Waals surface area contributed by atoms with Gasteiger partial charge in [-0.2, -0.15) is 0 Å². The highest BCUT2D eigenvalue weighted by molar-refractivity contribution is 5.80. The number of hydrogen-bond donors (Lipinski definition) is 2. The molecule has 0 atom stereocenters. The molecule has 0 spiro atoms. The zero-order valence-corrected chi connectivity index (χ0v) is 24.3. The molecule has 0 aliphatic rings. The third-order valence-electron chi connectivity index (χ3n) is 6.32. The van der Waals surface area contributed by atoms with E-state index in [1.54, 1.807) is 24.3 Å². The molecule has 5 rings (SSSR count). The lowest BCUT2D eigenvalue weighted by Crippen LogP contribution is -2.04. The monoisotopic (exact) mass is 592 g/mol. The van der Waals surface area contributed by atoms with E-state index >= 15 is 0 Å². The Morgan fingerprint density at radius 1 is 0.432 bits per heavy atom. The minimum Gasteiger partial charge on any atom is -0.427 e. The van der Waals surface area contributed by atoms with E-state index in [0.717, 1.165) is 33.6 Å². The Morgan fingerprint density at radius 2 is 0.773 bits per heavy atom. The van der Waals surface area contributed by atoms with Gasteiger partial charge < -0.3 is 28.9 Å². The van der Waals surface area contributed by atoms with Gasteiger partial charge in [-0.15, -0.1) is 0 Å². The molecule has 0 amide bonds. The first-order valence-electron chi connectivity index (χ1n) is 13.5. The number of rotatable bonds is 8. The summed E-state index contributed by atoms with van der Waals surface area (Å²) in [4.78, 5) is 52.7. The maximum atomic E-state index is 11.5. The Bertz CT molecular complexity index is 1700. The molecule has 0 unspecified atom stereocenters. The maximum absolute atomic E-state index is 11.5. The van der Waals surface area contributed by atoms with Crippen molar-refractivity contribution in [2.24, 2.45) is 0 Å². The molecule has 0 radical (unpaired) electrons. The highest BCUT2D eigenvalue weighted by Gasteiger charge is 2.14. The van der Waals surface area contributed by atoms with Gasteiger partial charge in [0, 0.05) is 74.7 Å². The fourth-order valence-corrected chi connectivity index (χ4v) is 4.69. The fraction of sp³-hybridized carbons (Fsp3) is 0.118. The number of aromatic amines is 2. The number of H-pyrrole nitrogens is 2. The number of benzene rings is 3. The lowest BCUT2D eigenvalue weighted by Gasteiger charge is -2.08. The van der Waals surface area contributed by atoms with Crippen LogP contribution in [0.4, 0.5) is 0 Å². The molecule has 0 saturated heterocycles. The summed E-state index contributed by atoms with van der Waals surface area (Å²) in [5.74, 6) is -0.942. The van der Waals surface area contributed by atoms with E-state index in [2.05, 4.69) is 9.97 Å². The van der Waals surface area contributed by atoms with Crippen LogP contribution in [0.25, 0.3) is 44.8 Å². The van der Waals surface area contributed by atoms with Gasteiger partial charge in [-0.1, -0.05) is 18.2 Å². The van der Waals surface area contributed by atoms with Crippen LogP contribution in [0, 0.1) is 0 Å². The lowest BCUT2D eigenvalue weighted by molar-refractivity contribution is -0.133. The minimum absolute atomic E-state index is 0.256. The van der Waals surface area contributed by atoms with Crippen LogP contribution in [-0.4, -0.2) is 33.8 Å². The van der Waals surface area contributed by atoms with Gasteiger partial charge in [-0.05, 0) is 64.7 Å². The number of carbonyl (C=O) groups excluding carboxylic acids is 4. The van der Waals surface area contributed by atoms with Crippen molar-refractivity contribution in [3.8, 4) is 67.8 Å². The van der Waals surface area contributed by atoms with Crippen LogP contribution in [-0.2, 0) is 19.2 Å². The fourth-order valence-electron chi connectivity index (χ4n) is 4.69. The molecule has 44 heavy (non-hydrogen) atoms. The molecule has 2 heterocycles. The van der Waals surface area contributed by atoms with Gasteiger partial charge in [0.1, 0.15) is 23.0 Å². The average molecular weight is 593 g/mol. The molecule has 0 aliphatic heterocycles. The summed E-state index contributed by atoms with van der Waals surface area (Å²) in [7, 11) is 0. The van der Waals surface area contributed by atoms with Crippen LogP contribution in [0.5, 0.6) is 23.0 Å². The standard InChI is InChI=1S/C34H28N2O8/c1-19(37)41-29-9-25(10-30(15-29)42-20(2)38)33-13-27(17-35-33)23-6-5-7-24(8-23)28-14-34(36-18-28)26-11-31(43-21(3)39)16-32(12-26)44-22(4)40/h5-18,35-36H,1-4H3. The van der Waals surface area contributed by atoms with E-state index in [0.29, 0.717) is 11.1 Å². The van der Waals surface area contributed by atoms with Crippen molar-refractivity contribution in [3.63, 3.8) is 0 Å². The van der Waals surface area contributed by atoms with Crippen LogP contribution >= 0.6 is 0 Å². The molecule has 5 aromatic rings. The number of nitrogens with one attached hydrogen (secondary N) is 2. The van der Waals surface area contributed by atoms with Crippen molar-refractivity contribution < 1.29 is 38.1 Å². The molecular formula is C34H28N2O8. The minimum atomic E-state index is -0.491. The zero-order valence-electron chi connectivity index (χ0n) is 24.3. The topological polar surface area (TPSA) is 137 Å². The third kappa shape index (κ3) is 7.29. The molecule has 2 aromatic heterocycles. The predicted octanol–water partition coefficient (Wildman–Crippen LogP) is 6.71. The van der Waals surface area contributed by atoms with Crippen LogP contribution in [0.1, 0.15) is 27.7 Å². The van der Waals surface area contributed by atoms with Crippen molar-refractivity contribution in [2.45, 2.75) is 27.7 Å². The molecule has 0 saturated carbocycles. The van der Waals surface area contributed by atoms with Crippen LogP contribution in [0.15, 0.2) is 85.2 Å². The van der Waals surface area contributed by atoms with Crippen LogP contribution in [0.2, 0.25) is 0 Å². The van der Waals surface area contributed by atoms with Gasteiger partial charge >= 0.3 is 23.9 Å². The van der Waals surface area contributed by atoms with Crippen molar-refractivity contribution in [3.05, 3.63) is 85.2 Å². The van der Waals surface area contributed by atoms with Gasteiger partial charge in [-0.3, -0.25) is 19.2 Å². The normalized spacial score (nSPS) is 10.6. The van der Waals surface area contributed by atoms with Gasteiger partial charge in [0.15, 0.2) is 0 Å². The van der Waals surface area contributed by atoms with E-state index in [-0.39, 0.29) is 23.0 Å². The van der Waals surface area contributed by atoms with Gasteiger partial charge in [-0.25, -0.2) is 0 Å². The molecule has 10 heteroatoms. The van der Waals surface area contributed by atoms with Crippen LogP contribution in [0.3, 0.4) is 0 Å². The van der Waals surface area contributed by atoms with Crippen LogP contribution < -0.4 is 18.9 Å². The summed E-state index contributed by atoms with van der Waals surface area (Å²) in [6, 6.07) is 21.6. The molecule has 10 nitrogen and oxygen atoms in total. The quantitative estimate of drug-likeness (QED) is 0.150. The molecule has 222 valence electrons. The molecule has 0 fully saturated rings. The van der Waals surface area contributed by atoms with E-state index in [1.165, 1.54) is 39.8 Å². The Morgan fingerprint density at radius 3 is 1.09 bits per heavy atom.